The minimum atomic E-state index is -0.777. The summed E-state index contributed by atoms with van der Waals surface area (Å²) < 4.78 is 15.3. The highest BCUT2D eigenvalue weighted by molar-refractivity contribution is 5.79. The lowest BCUT2D eigenvalue weighted by atomic mass is 9.97. The van der Waals surface area contributed by atoms with Gasteiger partial charge in [-0.2, -0.15) is 5.10 Å². The quantitative estimate of drug-likeness (QED) is 0.863. The summed E-state index contributed by atoms with van der Waals surface area (Å²) in [6.45, 7) is 12.0. The molecule has 20 heavy (non-hydrogen) atoms. The van der Waals surface area contributed by atoms with Gasteiger partial charge in [0.05, 0.1) is 23.9 Å². The maximum Gasteiger partial charge on any atom is 0.128 e. The third-order valence-corrected chi connectivity index (χ3v) is 3.68. The largest absolute Gasteiger partial charge is 0.388 e. The summed E-state index contributed by atoms with van der Waals surface area (Å²) in [5.41, 5.74) is 0.571. The zero-order valence-electron chi connectivity index (χ0n) is 12.5. The first kappa shape index (κ1) is 16.4. The van der Waals surface area contributed by atoms with Crippen LogP contribution in [0.5, 0.6) is 0 Å². The maximum absolute atomic E-state index is 13.6. The van der Waals surface area contributed by atoms with E-state index < -0.39 is 5.60 Å². The molecule has 0 aliphatic rings. The number of hydrogen-bond acceptors (Lipinski definition) is 2. The molecule has 0 amide bonds. The van der Waals surface area contributed by atoms with E-state index in [0.29, 0.717) is 24.9 Å². The molecule has 1 aromatic carbocycles. The summed E-state index contributed by atoms with van der Waals surface area (Å²) in [6.07, 6.45) is 3.02. The number of benzene rings is 1. The number of rotatable bonds is 4. The average molecular weight is 278 g/mol. The summed E-state index contributed by atoms with van der Waals surface area (Å²) >= 11 is 0. The van der Waals surface area contributed by atoms with Gasteiger partial charge in [0, 0.05) is 11.5 Å². The molecule has 0 aliphatic carbocycles. The fraction of sp³-hybridized carbons (Fsp3) is 0.438. The number of aliphatic hydroxyl groups is 1. The van der Waals surface area contributed by atoms with E-state index in [0.717, 1.165) is 10.9 Å². The van der Waals surface area contributed by atoms with Gasteiger partial charge in [-0.15, -0.1) is 13.2 Å². The Morgan fingerprint density at radius 1 is 1.30 bits per heavy atom. The fourth-order valence-electron chi connectivity index (χ4n) is 2.09. The van der Waals surface area contributed by atoms with Crippen molar-refractivity contribution in [1.29, 1.82) is 0 Å². The summed E-state index contributed by atoms with van der Waals surface area (Å²) in [4.78, 5) is 0. The molecule has 0 saturated heterocycles. The second-order valence-electron chi connectivity index (χ2n) is 4.89. The second-order valence-corrected chi connectivity index (χ2v) is 4.89. The van der Waals surface area contributed by atoms with Gasteiger partial charge in [0.2, 0.25) is 0 Å². The van der Waals surface area contributed by atoms with E-state index >= 15 is 0 Å². The molecule has 0 radical (unpaired) electrons. The molecule has 0 saturated carbocycles. The Balaban J connectivity index is 0.000000956. The van der Waals surface area contributed by atoms with Crippen molar-refractivity contribution in [2.75, 3.05) is 0 Å². The molecule has 0 fully saturated rings. The molecule has 2 rings (SSSR count). The molecule has 0 bridgehead atoms. The molecule has 1 heterocycles. The van der Waals surface area contributed by atoms with E-state index in [9.17, 15) is 9.50 Å². The smallest absolute Gasteiger partial charge is 0.128 e. The van der Waals surface area contributed by atoms with E-state index in [1.165, 1.54) is 6.07 Å². The van der Waals surface area contributed by atoms with E-state index in [1.54, 1.807) is 23.9 Å². The normalized spacial score (nSPS) is 11.2. The van der Waals surface area contributed by atoms with Crippen molar-refractivity contribution < 1.29 is 9.50 Å². The third-order valence-electron chi connectivity index (χ3n) is 3.68. The predicted molar refractivity (Wildman–Crippen MR) is 81.2 cm³/mol. The average Bonchev–Trinajstić information content (AvgIpc) is 2.83. The first-order chi connectivity index (χ1) is 9.49. The van der Waals surface area contributed by atoms with Crippen molar-refractivity contribution in [2.24, 2.45) is 0 Å². The van der Waals surface area contributed by atoms with E-state index in [2.05, 4.69) is 18.3 Å². The number of aromatic nitrogens is 2. The standard InChI is InChI=1S/C14H19FN2O.C2H4/c1-4-14(18,5-2)9-17-13-7-12(15)10(3)6-11(13)8-16-17;1-2/h6-8,18H,4-5,9H2,1-3H3;1-2H2. The lowest BCUT2D eigenvalue weighted by Gasteiger charge is -2.25. The first-order valence-corrected chi connectivity index (χ1v) is 6.83. The molecule has 4 heteroatoms. The van der Waals surface area contributed by atoms with Crippen LogP contribution in [0.3, 0.4) is 0 Å². The highest BCUT2D eigenvalue weighted by Crippen LogP contribution is 2.23. The first-order valence-electron chi connectivity index (χ1n) is 6.83. The molecule has 0 spiro atoms. The van der Waals surface area contributed by atoms with Crippen molar-refractivity contribution in [2.45, 2.75) is 45.8 Å². The maximum atomic E-state index is 13.6. The van der Waals surface area contributed by atoms with Crippen molar-refractivity contribution >= 4 is 10.9 Å². The van der Waals surface area contributed by atoms with Gasteiger partial charge < -0.3 is 5.11 Å². The monoisotopic (exact) mass is 278 g/mol. The van der Waals surface area contributed by atoms with Crippen LogP contribution in [-0.2, 0) is 6.54 Å². The van der Waals surface area contributed by atoms with Crippen molar-refractivity contribution in [3.05, 3.63) is 42.9 Å². The minimum absolute atomic E-state index is 0.235. The molecule has 3 nitrogen and oxygen atoms in total. The van der Waals surface area contributed by atoms with Gasteiger partial charge in [-0.05, 0) is 31.4 Å². The number of fused-ring (bicyclic) bond motifs is 1. The van der Waals surface area contributed by atoms with Gasteiger partial charge in [-0.3, -0.25) is 4.68 Å². The van der Waals surface area contributed by atoms with Crippen molar-refractivity contribution in [1.82, 2.24) is 9.78 Å². The number of nitrogens with zero attached hydrogens (tertiary/aromatic N) is 2. The highest BCUT2D eigenvalue weighted by atomic mass is 19.1. The molecule has 2 aromatic rings. The second kappa shape index (κ2) is 6.66. The van der Waals surface area contributed by atoms with Crippen molar-refractivity contribution in [3.8, 4) is 0 Å². The van der Waals surface area contributed by atoms with E-state index in [-0.39, 0.29) is 5.82 Å². The molecule has 0 aliphatic heterocycles. The molecule has 0 unspecified atom stereocenters. The van der Waals surface area contributed by atoms with Crippen LogP contribution in [0.1, 0.15) is 32.3 Å². The Kier molecular flexibility index (Phi) is 5.45. The van der Waals surface area contributed by atoms with Crippen LogP contribution < -0.4 is 0 Å². The van der Waals surface area contributed by atoms with Gasteiger partial charge in [0.25, 0.3) is 0 Å². The van der Waals surface area contributed by atoms with Gasteiger partial charge in [0.1, 0.15) is 5.82 Å². The van der Waals surface area contributed by atoms with Gasteiger partial charge in [-0.25, -0.2) is 4.39 Å². The Morgan fingerprint density at radius 3 is 2.45 bits per heavy atom. The van der Waals surface area contributed by atoms with Crippen LogP contribution in [0.25, 0.3) is 10.9 Å². The Morgan fingerprint density at radius 2 is 1.90 bits per heavy atom. The minimum Gasteiger partial charge on any atom is -0.388 e. The Bertz CT molecular complexity index is 573. The lowest BCUT2D eigenvalue weighted by Crippen LogP contribution is -2.32. The molecule has 0 atom stereocenters. The topological polar surface area (TPSA) is 38.0 Å². The molecular weight excluding hydrogens is 255 g/mol. The Hall–Kier alpha value is -1.68. The molecule has 1 N–H and O–H groups in total. The number of hydrogen-bond donors (Lipinski definition) is 1. The molecule has 110 valence electrons. The van der Waals surface area contributed by atoms with Crippen molar-refractivity contribution in [3.63, 3.8) is 0 Å². The van der Waals surface area contributed by atoms with Gasteiger partial charge in [0.15, 0.2) is 0 Å². The fourth-order valence-corrected chi connectivity index (χ4v) is 2.09. The SMILES string of the molecule is C=C.CCC(O)(CC)Cn1ncc2cc(C)c(F)cc21. The summed E-state index contributed by atoms with van der Waals surface area (Å²) in [7, 11) is 0. The van der Waals surface area contributed by atoms with Crippen LogP contribution in [-0.4, -0.2) is 20.5 Å². The zero-order chi connectivity index (χ0) is 15.3. The van der Waals surface area contributed by atoms with E-state index in [1.807, 2.05) is 13.8 Å². The van der Waals surface area contributed by atoms with Crippen LogP contribution in [0.2, 0.25) is 0 Å². The van der Waals surface area contributed by atoms with E-state index in [4.69, 9.17) is 0 Å². The summed E-state index contributed by atoms with van der Waals surface area (Å²) in [6, 6.07) is 3.27. The number of aryl methyl sites for hydroxylation is 1. The third kappa shape index (κ3) is 3.25. The molecule has 1 aromatic heterocycles. The zero-order valence-corrected chi connectivity index (χ0v) is 12.5. The van der Waals surface area contributed by atoms with Gasteiger partial charge >= 0.3 is 0 Å². The van der Waals surface area contributed by atoms with Crippen LogP contribution >= 0.6 is 0 Å². The number of halogens is 1. The summed E-state index contributed by atoms with van der Waals surface area (Å²) in [5, 5.41) is 15.5. The van der Waals surface area contributed by atoms with Crippen LogP contribution in [0, 0.1) is 12.7 Å². The predicted octanol–water partition coefficient (Wildman–Crippen LogP) is 3.84. The lowest BCUT2D eigenvalue weighted by molar-refractivity contribution is 0.0130. The molecular formula is C16H23FN2O. The Labute approximate surface area is 119 Å². The highest BCUT2D eigenvalue weighted by Gasteiger charge is 2.24. The van der Waals surface area contributed by atoms with Crippen LogP contribution in [0.15, 0.2) is 31.5 Å². The van der Waals surface area contributed by atoms with Crippen LogP contribution in [0.4, 0.5) is 4.39 Å². The summed E-state index contributed by atoms with van der Waals surface area (Å²) in [5.74, 6) is -0.235. The van der Waals surface area contributed by atoms with Gasteiger partial charge in [-0.1, -0.05) is 13.8 Å².